The molecule has 1 N–H and O–H groups in total. The zero-order chi connectivity index (χ0) is 11.5. The lowest BCUT2D eigenvalue weighted by atomic mass is 9.94. The lowest BCUT2D eigenvalue weighted by molar-refractivity contribution is 0.0431. The molecule has 0 spiro atoms. The van der Waals surface area contributed by atoms with Crippen molar-refractivity contribution in [3.63, 3.8) is 0 Å². The number of piperidine rings is 1. The van der Waals surface area contributed by atoms with Gasteiger partial charge in [-0.2, -0.15) is 0 Å². The van der Waals surface area contributed by atoms with Crippen LogP contribution in [-0.4, -0.2) is 61.2 Å². The van der Waals surface area contributed by atoms with Crippen molar-refractivity contribution in [2.24, 2.45) is 0 Å². The van der Waals surface area contributed by atoms with Crippen LogP contribution in [0.1, 0.15) is 33.1 Å². The molecule has 94 valence electrons. The van der Waals surface area contributed by atoms with Crippen LogP contribution in [-0.2, 0) is 0 Å². The number of hydrogen-bond acceptors (Lipinski definition) is 3. The number of hydrogen-bond donors (Lipinski definition) is 1. The zero-order valence-corrected chi connectivity index (χ0v) is 11.1. The number of nitrogens with one attached hydrogen (secondary N) is 1. The second-order valence-electron chi connectivity index (χ2n) is 5.51. The molecule has 2 aliphatic heterocycles. The smallest absolute Gasteiger partial charge is 0.0221 e. The van der Waals surface area contributed by atoms with Gasteiger partial charge in [0.15, 0.2) is 0 Å². The van der Waals surface area contributed by atoms with E-state index in [0.29, 0.717) is 0 Å². The number of nitrogens with zero attached hydrogens (tertiary/aromatic N) is 2. The first-order valence-electron chi connectivity index (χ1n) is 6.89. The first-order valence-corrected chi connectivity index (χ1v) is 6.89. The van der Waals surface area contributed by atoms with Gasteiger partial charge in [-0.05, 0) is 39.8 Å². The Labute approximate surface area is 100 Å². The van der Waals surface area contributed by atoms with Gasteiger partial charge in [-0.3, -0.25) is 4.90 Å². The molecule has 3 unspecified atom stereocenters. The summed E-state index contributed by atoms with van der Waals surface area (Å²) in [6.07, 6.45) is 4.00. The Morgan fingerprint density at radius 2 is 2.12 bits per heavy atom. The predicted molar refractivity (Wildman–Crippen MR) is 68.8 cm³/mol. The molecule has 0 amide bonds. The van der Waals surface area contributed by atoms with E-state index >= 15 is 0 Å². The first kappa shape index (κ1) is 12.3. The Kier molecular flexibility index (Phi) is 4.22. The van der Waals surface area contributed by atoms with Gasteiger partial charge in [-0.15, -0.1) is 0 Å². The highest BCUT2D eigenvalue weighted by molar-refractivity contribution is 4.89. The fourth-order valence-corrected chi connectivity index (χ4v) is 3.20. The van der Waals surface area contributed by atoms with Gasteiger partial charge in [-0.1, -0.05) is 6.92 Å². The third kappa shape index (κ3) is 2.58. The minimum atomic E-state index is 0.756. The Balaban J connectivity index is 1.95. The van der Waals surface area contributed by atoms with Crippen molar-refractivity contribution in [2.75, 3.05) is 33.2 Å². The molecule has 0 radical (unpaired) electrons. The normalized spacial score (nSPS) is 38.8. The van der Waals surface area contributed by atoms with Crippen molar-refractivity contribution in [3.8, 4) is 0 Å². The van der Waals surface area contributed by atoms with E-state index in [0.717, 1.165) is 18.1 Å². The Morgan fingerprint density at radius 1 is 1.31 bits per heavy atom. The lowest BCUT2D eigenvalue weighted by Crippen LogP contribution is -2.58. The molecule has 2 heterocycles. The van der Waals surface area contributed by atoms with Crippen molar-refractivity contribution >= 4 is 0 Å². The molecule has 0 aliphatic carbocycles. The van der Waals surface area contributed by atoms with Crippen molar-refractivity contribution < 1.29 is 0 Å². The van der Waals surface area contributed by atoms with Gasteiger partial charge < -0.3 is 10.2 Å². The van der Waals surface area contributed by atoms with E-state index in [9.17, 15) is 0 Å². The number of likely N-dealkylation sites (tertiary alicyclic amines) is 1. The molecule has 3 nitrogen and oxygen atoms in total. The second kappa shape index (κ2) is 5.48. The van der Waals surface area contributed by atoms with Crippen LogP contribution in [0.15, 0.2) is 0 Å². The van der Waals surface area contributed by atoms with Gasteiger partial charge in [0.05, 0.1) is 0 Å². The van der Waals surface area contributed by atoms with Crippen LogP contribution in [0.2, 0.25) is 0 Å². The van der Waals surface area contributed by atoms with Gasteiger partial charge >= 0.3 is 0 Å². The van der Waals surface area contributed by atoms with Crippen LogP contribution in [0.3, 0.4) is 0 Å². The molecule has 3 heteroatoms. The Morgan fingerprint density at radius 3 is 2.81 bits per heavy atom. The van der Waals surface area contributed by atoms with E-state index in [1.165, 1.54) is 45.4 Å². The summed E-state index contributed by atoms with van der Waals surface area (Å²) in [5.74, 6) is 0. The molecule has 2 saturated heterocycles. The summed E-state index contributed by atoms with van der Waals surface area (Å²) in [6.45, 7) is 9.58. The fourth-order valence-electron chi connectivity index (χ4n) is 3.20. The maximum Gasteiger partial charge on any atom is 0.0221 e. The summed E-state index contributed by atoms with van der Waals surface area (Å²) in [6, 6.07) is 2.36. The second-order valence-corrected chi connectivity index (χ2v) is 5.51. The molecule has 16 heavy (non-hydrogen) atoms. The summed E-state index contributed by atoms with van der Waals surface area (Å²) in [7, 11) is 2.26. The molecular weight excluding hydrogens is 198 g/mol. The maximum atomic E-state index is 3.52. The van der Waals surface area contributed by atoms with E-state index < -0.39 is 0 Å². The summed E-state index contributed by atoms with van der Waals surface area (Å²) in [5.41, 5.74) is 0. The minimum Gasteiger partial charge on any atom is -0.314 e. The Bertz CT molecular complexity index is 219. The monoisotopic (exact) mass is 225 g/mol. The molecule has 0 aromatic carbocycles. The average Bonchev–Trinajstić information content (AvgIpc) is 2.32. The zero-order valence-electron chi connectivity index (χ0n) is 11.1. The molecule has 3 atom stereocenters. The molecule has 2 rings (SSSR count). The summed E-state index contributed by atoms with van der Waals surface area (Å²) in [4.78, 5) is 5.28. The highest BCUT2D eigenvalue weighted by atomic mass is 15.3. The largest absolute Gasteiger partial charge is 0.314 e. The van der Waals surface area contributed by atoms with E-state index in [4.69, 9.17) is 0 Å². The number of rotatable bonds is 2. The van der Waals surface area contributed by atoms with Gasteiger partial charge in [0.25, 0.3) is 0 Å². The maximum absolute atomic E-state index is 3.52. The van der Waals surface area contributed by atoms with E-state index in [1.54, 1.807) is 0 Å². The number of piperazine rings is 1. The molecule has 0 bridgehead atoms. The fraction of sp³-hybridized carbons (Fsp3) is 1.00. The summed E-state index contributed by atoms with van der Waals surface area (Å²) >= 11 is 0. The topological polar surface area (TPSA) is 18.5 Å². The third-order valence-corrected chi connectivity index (χ3v) is 4.52. The van der Waals surface area contributed by atoms with Gasteiger partial charge in [0, 0.05) is 37.8 Å². The molecule has 0 aromatic rings. The molecule has 0 saturated carbocycles. The van der Waals surface area contributed by atoms with Gasteiger partial charge in [-0.25, -0.2) is 0 Å². The van der Waals surface area contributed by atoms with Crippen molar-refractivity contribution in [2.45, 2.75) is 51.2 Å². The van der Waals surface area contributed by atoms with Crippen LogP contribution in [0.25, 0.3) is 0 Å². The van der Waals surface area contributed by atoms with E-state index in [-0.39, 0.29) is 0 Å². The molecular formula is C13H27N3. The summed E-state index contributed by atoms with van der Waals surface area (Å²) in [5, 5.41) is 3.52. The van der Waals surface area contributed by atoms with Gasteiger partial charge in [0.2, 0.25) is 0 Å². The van der Waals surface area contributed by atoms with E-state index in [2.05, 4.69) is 36.0 Å². The molecule has 0 aromatic heterocycles. The van der Waals surface area contributed by atoms with Crippen LogP contribution in [0.4, 0.5) is 0 Å². The quantitative estimate of drug-likeness (QED) is 0.760. The SMILES string of the molecule is CCC1CNCCN1C1CCN(C)C(C)C1. The van der Waals surface area contributed by atoms with Crippen LogP contribution >= 0.6 is 0 Å². The van der Waals surface area contributed by atoms with Crippen LogP contribution in [0.5, 0.6) is 0 Å². The summed E-state index contributed by atoms with van der Waals surface area (Å²) < 4.78 is 0. The lowest BCUT2D eigenvalue weighted by Gasteiger charge is -2.46. The Hall–Kier alpha value is -0.120. The average molecular weight is 225 g/mol. The van der Waals surface area contributed by atoms with Gasteiger partial charge in [0.1, 0.15) is 0 Å². The first-order chi connectivity index (χ1) is 7.72. The molecule has 2 aliphatic rings. The van der Waals surface area contributed by atoms with E-state index in [1.807, 2.05) is 0 Å². The minimum absolute atomic E-state index is 0.756. The van der Waals surface area contributed by atoms with Crippen LogP contribution in [0, 0.1) is 0 Å². The predicted octanol–water partition coefficient (Wildman–Crippen LogP) is 1.15. The third-order valence-electron chi connectivity index (χ3n) is 4.52. The van der Waals surface area contributed by atoms with Crippen molar-refractivity contribution in [3.05, 3.63) is 0 Å². The molecule has 2 fully saturated rings. The highest BCUT2D eigenvalue weighted by Gasteiger charge is 2.31. The standard InChI is InChI=1S/C13H27N3/c1-4-12-10-14-6-8-16(12)13-5-7-15(3)11(2)9-13/h11-14H,4-10H2,1-3H3. The highest BCUT2D eigenvalue weighted by Crippen LogP contribution is 2.23. The van der Waals surface area contributed by atoms with Crippen molar-refractivity contribution in [1.29, 1.82) is 0 Å². The van der Waals surface area contributed by atoms with Crippen LogP contribution < -0.4 is 5.32 Å². The van der Waals surface area contributed by atoms with Crippen molar-refractivity contribution in [1.82, 2.24) is 15.1 Å².